The highest BCUT2D eigenvalue weighted by Crippen LogP contribution is 2.46. The number of hydrogen-bond acceptors (Lipinski definition) is 1. The van der Waals surface area contributed by atoms with Gasteiger partial charge in [-0.1, -0.05) is 20.4 Å². The van der Waals surface area contributed by atoms with Gasteiger partial charge >= 0.3 is 0 Å². The summed E-state index contributed by atoms with van der Waals surface area (Å²) in [6.07, 6.45) is 0. The van der Waals surface area contributed by atoms with Crippen molar-refractivity contribution in [1.82, 2.24) is 0 Å². The molecule has 0 aromatic rings. The summed E-state index contributed by atoms with van der Waals surface area (Å²) in [4.78, 5) is 8.84. The van der Waals surface area contributed by atoms with E-state index in [0.29, 0.717) is 0 Å². The Kier molecular flexibility index (Phi) is 2.45. The second kappa shape index (κ2) is 2.47. The fraction of sp³-hybridized carbons (Fsp3) is 0.600. The summed E-state index contributed by atoms with van der Waals surface area (Å²) in [5, 5.41) is 0. The van der Waals surface area contributed by atoms with Crippen LogP contribution in [0.5, 0.6) is 0 Å². The summed E-state index contributed by atoms with van der Waals surface area (Å²) in [5.41, 5.74) is -0.194. The van der Waals surface area contributed by atoms with Crippen molar-refractivity contribution in [3.05, 3.63) is 12.4 Å². The monoisotopic (exact) mass is 134 g/mol. The van der Waals surface area contributed by atoms with Crippen LogP contribution in [0.4, 0.5) is 0 Å². The Bertz CT molecular complexity index is 128. The van der Waals surface area contributed by atoms with Gasteiger partial charge in [0.25, 0.3) is 0 Å². The summed E-state index contributed by atoms with van der Waals surface area (Å²) >= 11 is 0. The van der Waals surface area contributed by atoms with E-state index in [4.69, 9.17) is 4.89 Å². The molecule has 48 valence electrons. The van der Waals surface area contributed by atoms with E-state index in [0.717, 1.165) is 5.82 Å². The van der Waals surface area contributed by atoms with Gasteiger partial charge in [-0.15, -0.1) is 0 Å². The van der Waals surface area contributed by atoms with Crippen molar-refractivity contribution in [2.45, 2.75) is 19.5 Å². The average Bonchev–Trinajstić information content (AvgIpc) is 1.67. The number of hydrogen-bond donors (Lipinski definition) is 1. The first-order valence-corrected chi connectivity index (χ1v) is 4.26. The Morgan fingerprint density at radius 2 is 2.12 bits per heavy atom. The molecule has 0 radical (unpaired) electrons. The third-order valence-electron chi connectivity index (χ3n) is 1.00. The molecule has 0 aliphatic rings. The van der Waals surface area contributed by atoms with E-state index >= 15 is 0 Å². The third-order valence-corrected chi connectivity index (χ3v) is 3.00. The van der Waals surface area contributed by atoms with Crippen LogP contribution in [0.15, 0.2) is 12.4 Å². The van der Waals surface area contributed by atoms with Crippen LogP contribution in [0.25, 0.3) is 0 Å². The van der Waals surface area contributed by atoms with Gasteiger partial charge in [0.1, 0.15) is 0 Å². The molecule has 0 aromatic carbocycles. The lowest BCUT2D eigenvalue weighted by Crippen LogP contribution is -1.92. The molecule has 0 aromatic heterocycles. The minimum absolute atomic E-state index is 0.194. The lowest BCUT2D eigenvalue weighted by molar-refractivity contribution is 0.480. The van der Waals surface area contributed by atoms with Gasteiger partial charge in [0, 0.05) is 5.66 Å². The third kappa shape index (κ3) is 1.81. The van der Waals surface area contributed by atoms with Crippen LogP contribution >= 0.6 is 7.37 Å². The molecule has 2 nitrogen and oxygen atoms in total. The Morgan fingerprint density at radius 3 is 2.12 bits per heavy atom. The molecule has 0 spiro atoms. The molecule has 0 saturated heterocycles. The fourth-order valence-corrected chi connectivity index (χ4v) is 0.632. The Balaban J connectivity index is 4.14. The standard InChI is InChI=1S/C5H11O2P/c1-4-8(6,7)5(2)3/h4-5H,1H2,2-3H3,(H,6,7). The summed E-state index contributed by atoms with van der Waals surface area (Å²) in [6.45, 7) is 6.63. The van der Waals surface area contributed by atoms with Gasteiger partial charge in [-0.25, -0.2) is 0 Å². The minimum atomic E-state index is -2.98. The molecule has 0 aliphatic carbocycles. The van der Waals surface area contributed by atoms with Crippen molar-refractivity contribution in [3.8, 4) is 0 Å². The average molecular weight is 134 g/mol. The summed E-state index contributed by atoms with van der Waals surface area (Å²) in [5.74, 6) is 1.12. The molecular formula is C5H11O2P. The molecule has 0 aliphatic heterocycles. The normalized spacial score (nSPS) is 18.0. The molecule has 1 N–H and O–H groups in total. The second-order valence-corrected chi connectivity index (χ2v) is 4.69. The predicted octanol–water partition coefficient (Wildman–Crippen LogP) is 1.81. The maximum atomic E-state index is 10.7. The van der Waals surface area contributed by atoms with Crippen LogP contribution in [0.2, 0.25) is 0 Å². The summed E-state index contributed by atoms with van der Waals surface area (Å²) in [6, 6.07) is 0. The minimum Gasteiger partial charge on any atom is -0.341 e. The molecule has 0 amide bonds. The van der Waals surface area contributed by atoms with Crippen LogP contribution in [0.1, 0.15) is 13.8 Å². The molecule has 8 heavy (non-hydrogen) atoms. The van der Waals surface area contributed by atoms with E-state index < -0.39 is 7.37 Å². The summed E-state index contributed by atoms with van der Waals surface area (Å²) in [7, 11) is -2.98. The zero-order valence-corrected chi connectivity index (χ0v) is 6.06. The van der Waals surface area contributed by atoms with Crippen molar-refractivity contribution < 1.29 is 9.46 Å². The van der Waals surface area contributed by atoms with Gasteiger partial charge in [-0.2, -0.15) is 0 Å². The number of rotatable bonds is 2. The fourth-order valence-electron chi connectivity index (χ4n) is 0.211. The molecular weight excluding hydrogens is 123 g/mol. The van der Waals surface area contributed by atoms with Crippen LogP contribution in [0, 0.1) is 0 Å². The first-order valence-electron chi connectivity index (χ1n) is 2.46. The van der Waals surface area contributed by atoms with E-state index in [1.165, 1.54) is 0 Å². The SMILES string of the molecule is C=CP(=O)(O)C(C)C. The predicted molar refractivity (Wildman–Crippen MR) is 35.2 cm³/mol. The smallest absolute Gasteiger partial charge is 0.224 e. The van der Waals surface area contributed by atoms with Gasteiger partial charge in [0.2, 0.25) is 7.37 Å². The van der Waals surface area contributed by atoms with Gasteiger partial charge in [0.15, 0.2) is 0 Å². The van der Waals surface area contributed by atoms with Crippen molar-refractivity contribution in [3.63, 3.8) is 0 Å². The van der Waals surface area contributed by atoms with Gasteiger partial charge in [-0.3, -0.25) is 4.57 Å². The topological polar surface area (TPSA) is 37.3 Å². The second-order valence-electron chi connectivity index (χ2n) is 1.95. The van der Waals surface area contributed by atoms with E-state index in [9.17, 15) is 4.57 Å². The molecule has 0 fully saturated rings. The van der Waals surface area contributed by atoms with Crippen LogP contribution < -0.4 is 0 Å². The highest BCUT2D eigenvalue weighted by atomic mass is 31.2. The quantitative estimate of drug-likeness (QED) is 0.585. The van der Waals surface area contributed by atoms with Gasteiger partial charge in [0.05, 0.1) is 0 Å². The lowest BCUT2D eigenvalue weighted by atomic mass is 10.6. The van der Waals surface area contributed by atoms with E-state index in [2.05, 4.69) is 6.58 Å². The first kappa shape index (κ1) is 7.93. The molecule has 3 heteroatoms. The molecule has 0 rings (SSSR count). The molecule has 0 bridgehead atoms. The van der Waals surface area contributed by atoms with Crippen LogP contribution in [0.3, 0.4) is 0 Å². The molecule has 0 heterocycles. The van der Waals surface area contributed by atoms with Gasteiger partial charge in [-0.05, 0) is 5.82 Å². The lowest BCUT2D eigenvalue weighted by Gasteiger charge is -2.07. The van der Waals surface area contributed by atoms with Crippen molar-refractivity contribution in [2.24, 2.45) is 0 Å². The highest BCUT2D eigenvalue weighted by Gasteiger charge is 2.16. The maximum absolute atomic E-state index is 10.7. The largest absolute Gasteiger partial charge is 0.341 e. The Labute approximate surface area is 49.7 Å². The van der Waals surface area contributed by atoms with E-state index in [1.807, 2.05) is 0 Å². The first-order chi connectivity index (χ1) is 3.50. The van der Waals surface area contributed by atoms with Crippen LogP contribution in [-0.2, 0) is 4.57 Å². The molecule has 1 atom stereocenters. The van der Waals surface area contributed by atoms with Gasteiger partial charge < -0.3 is 4.89 Å². The maximum Gasteiger partial charge on any atom is 0.224 e. The highest BCUT2D eigenvalue weighted by molar-refractivity contribution is 7.61. The molecule has 0 saturated carbocycles. The summed E-state index contributed by atoms with van der Waals surface area (Å²) < 4.78 is 10.7. The van der Waals surface area contributed by atoms with Crippen molar-refractivity contribution in [2.75, 3.05) is 0 Å². The van der Waals surface area contributed by atoms with Crippen molar-refractivity contribution in [1.29, 1.82) is 0 Å². The van der Waals surface area contributed by atoms with Crippen LogP contribution in [-0.4, -0.2) is 10.6 Å². The Hall–Kier alpha value is -0.0700. The van der Waals surface area contributed by atoms with Crippen molar-refractivity contribution >= 4 is 7.37 Å². The van der Waals surface area contributed by atoms with E-state index in [1.54, 1.807) is 13.8 Å². The Morgan fingerprint density at radius 1 is 1.75 bits per heavy atom. The van der Waals surface area contributed by atoms with E-state index in [-0.39, 0.29) is 5.66 Å². The zero-order chi connectivity index (χ0) is 6.78. The molecule has 1 unspecified atom stereocenters. The zero-order valence-electron chi connectivity index (χ0n) is 5.16.